The van der Waals surface area contributed by atoms with Gasteiger partial charge in [-0.1, -0.05) is 23.4 Å². The average molecular weight is 209 g/mol. The summed E-state index contributed by atoms with van der Waals surface area (Å²) < 4.78 is 0. The second-order valence-electron chi connectivity index (χ2n) is 3.10. The summed E-state index contributed by atoms with van der Waals surface area (Å²) in [5.41, 5.74) is 0.804. The standard InChI is InChI=1S/C11H15NOS/c1-10(12-13)6-5-9-14-11-7-3-2-4-8-11/h2-4,7-8,13H,5-6,9H2,1H3. The van der Waals surface area contributed by atoms with Crippen LogP contribution in [0.1, 0.15) is 19.8 Å². The number of hydrogen-bond donors (Lipinski definition) is 1. The van der Waals surface area contributed by atoms with Crippen LogP contribution in [0.15, 0.2) is 40.4 Å². The minimum Gasteiger partial charge on any atom is -0.411 e. The molecule has 0 heterocycles. The minimum atomic E-state index is 0.804. The predicted molar refractivity (Wildman–Crippen MR) is 61.3 cm³/mol. The van der Waals surface area contributed by atoms with Gasteiger partial charge in [0, 0.05) is 4.90 Å². The van der Waals surface area contributed by atoms with E-state index in [-0.39, 0.29) is 0 Å². The second kappa shape index (κ2) is 6.49. The van der Waals surface area contributed by atoms with Gasteiger partial charge in [0.05, 0.1) is 5.71 Å². The summed E-state index contributed by atoms with van der Waals surface area (Å²) >= 11 is 1.84. The Labute approximate surface area is 89.0 Å². The number of benzene rings is 1. The van der Waals surface area contributed by atoms with Gasteiger partial charge in [-0.05, 0) is 37.7 Å². The van der Waals surface area contributed by atoms with Crippen LogP contribution >= 0.6 is 11.8 Å². The molecule has 1 aromatic carbocycles. The fourth-order valence-corrected chi connectivity index (χ4v) is 1.96. The summed E-state index contributed by atoms with van der Waals surface area (Å²) in [5, 5.41) is 11.6. The maximum absolute atomic E-state index is 8.43. The Kier molecular flexibility index (Phi) is 5.15. The van der Waals surface area contributed by atoms with E-state index in [4.69, 9.17) is 5.21 Å². The first kappa shape index (κ1) is 11.1. The maximum Gasteiger partial charge on any atom is 0.0540 e. The molecule has 0 spiro atoms. The number of oxime groups is 1. The van der Waals surface area contributed by atoms with Crippen LogP contribution in [-0.2, 0) is 0 Å². The summed E-state index contributed by atoms with van der Waals surface area (Å²) in [5.74, 6) is 1.07. The molecule has 0 aliphatic rings. The van der Waals surface area contributed by atoms with Crippen molar-refractivity contribution >= 4 is 17.5 Å². The zero-order valence-electron chi connectivity index (χ0n) is 8.31. The Morgan fingerprint density at radius 3 is 2.71 bits per heavy atom. The number of thioether (sulfide) groups is 1. The van der Waals surface area contributed by atoms with Crippen molar-refractivity contribution in [2.45, 2.75) is 24.7 Å². The molecule has 76 valence electrons. The van der Waals surface area contributed by atoms with E-state index in [1.165, 1.54) is 4.90 Å². The predicted octanol–water partition coefficient (Wildman–Crippen LogP) is 3.41. The van der Waals surface area contributed by atoms with Gasteiger partial charge in [-0.2, -0.15) is 0 Å². The quantitative estimate of drug-likeness (QED) is 0.265. The van der Waals surface area contributed by atoms with Crippen LogP contribution < -0.4 is 0 Å². The van der Waals surface area contributed by atoms with Crippen molar-refractivity contribution in [2.24, 2.45) is 5.16 Å². The molecule has 1 rings (SSSR count). The van der Waals surface area contributed by atoms with Crippen molar-refractivity contribution in [3.8, 4) is 0 Å². The molecule has 3 heteroatoms. The first-order valence-corrected chi connectivity index (χ1v) is 5.67. The summed E-state index contributed by atoms with van der Waals surface area (Å²) in [6.45, 7) is 1.84. The van der Waals surface area contributed by atoms with E-state index >= 15 is 0 Å². The van der Waals surface area contributed by atoms with Gasteiger partial charge in [0.25, 0.3) is 0 Å². The molecule has 0 saturated heterocycles. The first-order valence-electron chi connectivity index (χ1n) is 4.68. The highest BCUT2D eigenvalue weighted by Gasteiger charge is 1.94. The Bertz CT molecular complexity index is 285. The van der Waals surface area contributed by atoms with Crippen molar-refractivity contribution in [2.75, 3.05) is 5.75 Å². The molecule has 0 bridgehead atoms. The van der Waals surface area contributed by atoms with Crippen molar-refractivity contribution in [3.63, 3.8) is 0 Å². The number of hydrogen-bond acceptors (Lipinski definition) is 3. The van der Waals surface area contributed by atoms with Gasteiger partial charge in [0.2, 0.25) is 0 Å². The van der Waals surface area contributed by atoms with Crippen LogP contribution in [0.2, 0.25) is 0 Å². The molecule has 0 atom stereocenters. The van der Waals surface area contributed by atoms with E-state index in [2.05, 4.69) is 17.3 Å². The van der Waals surface area contributed by atoms with E-state index in [1.54, 1.807) is 0 Å². The SMILES string of the molecule is CC(CCCSc1ccccc1)=NO. The van der Waals surface area contributed by atoms with Gasteiger partial charge in [0.1, 0.15) is 0 Å². The third-order valence-corrected chi connectivity index (χ3v) is 2.96. The molecule has 1 N–H and O–H groups in total. The molecule has 0 fully saturated rings. The molecular formula is C11H15NOS. The van der Waals surface area contributed by atoms with Crippen molar-refractivity contribution < 1.29 is 5.21 Å². The highest BCUT2D eigenvalue weighted by atomic mass is 32.2. The van der Waals surface area contributed by atoms with Crippen LogP contribution in [0.5, 0.6) is 0 Å². The zero-order chi connectivity index (χ0) is 10.2. The van der Waals surface area contributed by atoms with Crippen LogP contribution in [-0.4, -0.2) is 16.7 Å². The number of nitrogens with zero attached hydrogens (tertiary/aromatic N) is 1. The lowest BCUT2D eigenvalue weighted by Gasteiger charge is -2.00. The lowest BCUT2D eigenvalue weighted by atomic mass is 10.2. The topological polar surface area (TPSA) is 32.6 Å². The normalized spacial score (nSPS) is 11.6. The Balaban J connectivity index is 2.17. The minimum absolute atomic E-state index is 0.804. The Morgan fingerprint density at radius 1 is 1.36 bits per heavy atom. The summed E-state index contributed by atoms with van der Waals surface area (Å²) in [6.07, 6.45) is 1.92. The summed E-state index contributed by atoms with van der Waals surface area (Å²) in [4.78, 5) is 1.30. The van der Waals surface area contributed by atoms with Gasteiger partial charge in [-0.3, -0.25) is 0 Å². The summed E-state index contributed by atoms with van der Waals surface area (Å²) in [6, 6.07) is 10.3. The zero-order valence-corrected chi connectivity index (χ0v) is 9.13. The molecule has 0 saturated carbocycles. The van der Waals surface area contributed by atoms with E-state index < -0.39 is 0 Å². The van der Waals surface area contributed by atoms with Crippen molar-refractivity contribution in [1.29, 1.82) is 0 Å². The molecule has 14 heavy (non-hydrogen) atoms. The van der Waals surface area contributed by atoms with Gasteiger partial charge in [-0.15, -0.1) is 11.8 Å². The highest BCUT2D eigenvalue weighted by molar-refractivity contribution is 7.99. The molecule has 0 aliphatic heterocycles. The lowest BCUT2D eigenvalue weighted by molar-refractivity contribution is 0.317. The third-order valence-electron chi connectivity index (χ3n) is 1.87. The monoisotopic (exact) mass is 209 g/mol. The molecule has 0 aromatic heterocycles. The molecule has 0 amide bonds. The average Bonchev–Trinajstić information content (AvgIpc) is 2.25. The van der Waals surface area contributed by atoms with Crippen molar-refractivity contribution in [1.82, 2.24) is 0 Å². The van der Waals surface area contributed by atoms with E-state index in [1.807, 2.05) is 36.9 Å². The Morgan fingerprint density at radius 2 is 2.07 bits per heavy atom. The van der Waals surface area contributed by atoms with Gasteiger partial charge in [-0.25, -0.2) is 0 Å². The highest BCUT2D eigenvalue weighted by Crippen LogP contribution is 2.18. The van der Waals surface area contributed by atoms with Gasteiger partial charge in [0.15, 0.2) is 0 Å². The molecule has 1 aromatic rings. The van der Waals surface area contributed by atoms with E-state index in [0.29, 0.717) is 0 Å². The molecule has 0 radical (unpaired) electrons. The Hall–Kier alpha value is -0.960. The fourth-order valence-electron chi connectivity index (χ4n) is 1.08. The third kappa shape index (κ3) is 4.33. The van der Waals surface area contributed by atoms with Crippen LogP contribution in [0.3, 0.4) is 0 Å². The van der Waals surface area contributed by atoms with Crippen LogP contribution in [0.25, 0.3) is 0 Å². The molecule has 0 unspecified atom stereocenters. The summed E-state index contributed by atoms with van der Waals surface area (Å²) in [7, 11) is 0. The second-order valence-corrected chi connectivity index (χ2v) is 4.27. The first-order chi connectivity index (χ1) is 6.83. The largest absolute Gasteiger partial charge is 0.411 e. The lowest BCUT2D eigenvalue weighted by Crippen LogP contribution is -1.92. The van der Waals surface area contributed by atoms with Gasteiger partial charge >= 0.3 is 0 Å². The van der Waals surface area contributed by atoms with Gasteiger partial charge < -0.3 is 5.21 Å². The number of rotatable bonds is 5. The van der Waals surface area contributed by atoms with Crippen LogP contribution in [0.4, 0.5) is 0 Å². The fraction of sp³-hybridized carbons (Fsp3) is 0.364. The molecular weight excluding hydrogens is 194 g/mol. The van der Waals surface area contributed by atoms with E-state index in [0.717, 1.165) is 24.3 Å². The maximum atomic E-state index is 8.43. The molecule has 0 aliphatic carbocycles. The molecule has 2 nitrogen and oxygen atoms in total. The van der Waals surface area contributed by atoms with E-state index in [9.17, 15) is 0 Å². The van der Waals surface area contributed by atoms with Crippen LogP contribution in [0, 0.1) is 0 Å². The van der Waals surface area contributed by atoms with Crippen molar-refractivity contribution in [3.05, 3.63) is 30.3 Å². The smallest absolute Gasteiger partial charge is 0.0540 e.